The summed E-state index contributed by atoms with van der Waals surface area (Å²) in [4.78, 5) is 16.3. The van der Waals surface area contributed by atoms with Crippen LogP contribution in [0.4, 0.5) is 4.39 Å². The van der Waals surface area contributed by atoms with Gasteiger partial charge in [0.15, 0.2) is 6.29 Å². The molecule has 1 aliphatic carbocycles. The first-order valence-corrected chi connectivity index (χ1v) is 7.03. The van der Waals surface area contributed by atoms with Gasteiger partial charge in [-0.2, -0.15) is 0 Å². The lowest BCUT2D eigenvalue weighted by Crippen LogP contribution is -2.04. The molecule has 0 bridgehead atoms. The Hall–Kier alpha value is -2.29. The van der Waals surface area contributed by atoms with Gasteiger partial charge >= 0.3 is 0 Å². The largest absolute Gasteiger partial charge is 0.298 e. The predicted molar refractivity (Wildman–Crippen MR) is 81.8 cm³/mol. The van der Waals surface area contributed by atoms with Crippen molar-refractivity contribution in [2.24, 2.45) is 0 Å². The molecule has 106 valence electrons. The lowest BCUT2D eigenvalue weighted by Gasteiger charge is -2.15. The summed E-state index contributed by atoms with van der Waals surface area (Å²) in [6.07, 6.45) is 4.73. The monoisotopic (exact) mass is 281 g/mol. The van der Waals surface area contributed by atoms with Gasteiger partial charge in [0.2, 0.25) is 0 Å². The highest BCUT2D eigenvalue weighted by Crippen LogP contribution is 2.43. The maximum atomic E-state index is 13.2. The molecule has 0 radical (unpaired) electrons. The molecule has 1 saturated carbocycles. The number of hydrogen-bond donors (Lipinski definition) is 0. The fraction of sp³-hybridized carbons (Fsp3) is 0.222. The van der Waals surface area contributed by atoms with Crippen LogP contribution < -0.4 is 0 Å². The minimum absolute atomic E-state index is 0.292. The van der Waals surface area contributed by atoms with E-state index in [1.807, 2.05) is 6.92 Å². The first-order chi connectivity index (χ1) is 10.2. The van der Waals surface area contributed by atoms with Crippen molar-refractivity contribution in [3.8, 4) is 11.1 Å². The number of aldehydes is 1. The van der Waals surface area contributed by atoms with Gasteiger partial charge in [0.05, 0.1) is 5.69 Å². The van der Waals surface area contributed by atoms with Crippen LogP contribution in [0.1, 0.15) is 46.1 Å². The van der Waals surface area contributed by atoms with E-state index in [9.17, 15) is 9.18 Å². The summed E-state index contributed by atoms with van der Waals surface area (Å²) >= 11 is 0. The number of aryl methyl sites for hydroxylation is 1. The van der Waals surface area contributed by atoms with Gasteiger partial charge in [-0.25, -0.2) is 4.39 Å². The Morgan fingerprint density at radius 2 is 1.90 bits per heavy atom. The minimum atomic E-state index is -0.292. The van der Waals surface area contributed by atoms with Crippen molar-refractivity contribution in [1.29, 1.82) is 0 Å². The Morgan fingerprint density at radius 1 is 1.24 bits per heavy atom. The van der Waals surface area contributed by atoms with Crippen LogP contribution in [0.2, 0.25) is 0 Å². The molecule has 3 heteroatoms. The van der Waals surface area contributed by atoms with Crippen molar-refractivity contribution in [1.82, 2.24) is 4.98 Å². The Kier molecular flexibility index (Phi) is 3.42. The van der Waals surface area contributed by atoms with Gasteiger partial charge in [0.25, 0.3) is 0 Å². The number of aromatic nitrogens is 1. The molecular weight excluding hydrogens is 265 g/mol. The van der Waals surface area contributed by atoms with Gasteiger partial charge in [0.1, 0.15) is 5.82 Å². The highest BCUT2D eigenvalue weighted by atomic mass is 19.1. The van der Waals surface area contributed by atoms with Gasteiger partial charge < -0.3 is 0 Å². The molecule has 3 rings (SSSR count). The molecule has 1 heterocycles. The minimum Gasteiger partial charge on any atom is -0.298 e. The van der Waals surface area contributed by atoms with E-state index in [1.165, 1.54) is 12.1 Å². The summed E-state index contributed by atoms with van der Waals surface area (Å²) in [5, 5.41) is 0. The van der Waals surface area contributed by atoms with E-state index >= 15 is 0 Å². The van der Waals surface area contributed by atoms with E-state index in [0.29, 0.717) is 11.5 Å². The third-order valence-electron chi connectivity index (χ3n) is 3.91. The number of pyridine rings is 1. The number of carbonyl (C=O) groups is 1. The predicted octanol–water partition coefficient (Wildman–Crippen LogP) is 4.53. The van der Waals surface area contributed by atoms with Gasteiger partial charge in [0, 0.05) is 28.3 Å². The fourth-order valence-electron chi connectivity index (χ4n) is 2.72. The summed E-state index contributed by atoms with van der Waals surface area (Å²) in [5.74, 6) is 0.0849. The van der Waals surface area contributed by atoms with Crippen molar-refractivity contribution in [2.75, 3.05) is 0 Å². The number of rotatable bonds is 4. The van der Waals surface area contributed by atoms with E-state index in [4.69, 9.17) is 0 Å². The lowest BCUT2D eigenvalue weighted by atomic mass is 9.92. The zero-order valence-corrected chi connectivity index (χ0v) is 11.9. The summed E-state index contributed by atoms with van der Waals surface area (Å²) in [5.41, 5.74) is 4.82. The maximum absolute atomic E-state index is 13.2. The molecule has 0 N–H and O–H groups in total. The molecule has 0 saturated heterocycles. The SMILES string of the molecule is C=Cc1c(C)nc(C2CC2)c(C=O)c1-c1ccc(F)cc1. The fourth-order valence-corrected chi connectivity index (χ4v) is 2.72. The average molecular weight is 281 g/mol. The van der Waals surface area contributed by atoms with Crippen molar-refractivity contribution >= 4 is 12.4 Å². The molecule has 2 nitrogen and oxygen atoms in total. The van der Waals surface area contributed by atoms with Crippen LogP contribution in [0.15, 0.2) is 30.8 Å². The molecule has 0 spiro atoms. The summed E-state index contributed by atoms with van der Waals surface area (Å²) in [6, 6.07) is 6.20. The van der Waals surface area contributed by atoms with Crippen LogP contribution in [0.25, 0.3) is 17.2 Å². The van der Waals surface area contributed by atoms with E-state index in [0.717, 1.165) is 47.2 Å². The second-order valence-electron chi connectivity index (χ2n) is 5.39. The van der Waals surface area contributed by atoms with Crippen molar-refractivity contribution in [2.45, 2.75) is 25.7 Å². The maximum Gasteiger partial charge on any atom is 0.152 e. The molecule has 0 atom stereocenters. The van der Waals surface area contributed by atoms with E-state index in [1.54, 1.807) is 18.2 Å². The molecule has 1 aromatic carbocycles. The number of carbonyl (C=O) groups excluding carboxylic acids is 1. The van der Waals surface area contributed by atoms with Gasteiger partial charge in [-0.3, -0.25) is 9.78 Å². The highest BCUT2D eigenvalue weighted by molar-refractivity contribution is 5.93. The zero-order valence-electron chi connectivity index (χ0n) is 11.9. The first kappa shape index (κ1) is 13.7. The second-order valence-corrected chi connectivity index (χ2v) is 5.39. The van der Waals surface area contributed by atoms with Crippen molar-refractivity contribution in [3.05, 3.63) is 59.2 Å². The van der Waals surface area contributed by atoms with Crippen LogP contribution >= 0.6 is 0 Å². The Morgan fingerprint density at radius 3 is 2.43 bits per heavy atom. The van der Waals surface area contributed by atoms with Gasteiger partial charge in [-0.1, -0.05) is 24.8 Å². The zero-order chi connectivity index (χ0) is 15.0. The first-order valence-electron chi connectivity index (χ1n) is 7.03. The van der Waals surface area contributed by atoms with E-state index in [2.05, 4.69) is 11.6 Å². The second kappa shape index (κ2) is 5.24. The topological polar surface area (TPSA) is 30.0 Å². The van der Waals surface area contributed by atoms with E-state index < -0.39 is 0 Å². The number of hydrogen-bond acceptors (Lipinski definition) is 2. The molecular formula is C18H16FNO. The lowest BCUT2D eigenvalue weighted by molar-refractivity contribution is 0.112. The summed E-state index contributed by atoms with van der Waals surface area (Å²) in [7, 11) is 0. The van der Waals surface area contributed by atoms with Crippen LogP contribution in [0.5, 0.6) is 0 Å². The van der Waals surface area contributed by atoms with Crippen molar-refractivity contribution in [3.63, 3.8) is 0 Å². The number of benzene rings is 1. The Balaban J connectivity index is 2.31. The normalized spacial score (nSPS) is 14.0. The van der Waals surface area contributed by atoms with E-state index in [-0.39, 0.29) is 5.82 Å². The standard InChI is InChI=1S/C18H16FNO/c1-3-15-11(2)20-18(13-4-5-13)16(10-21)17(15)12-6-8-14(19)9-7-12/h3,6-10,13H,1,4-5H2,2H3. The Bertz CT molecular complexity index is 715. The third kappa shape index (κ3) is 2.40. The van der Waals surface area contributed by atoms with Crippen LogP contribution in [0.3, 0.4) is 0 Å². The molecule has 1 aliphatic rings. The molecule has 0 amide bonds. The van der Waals surface area contributed by atoms with Gasteiger partial charge in [-0.15, -0.1) is 0 Å². The summed E-state index contributed by atoms with van der Waals surface area (Å²) < 4.78 is 13.2. The number of halogens is 1. The molecule has 2 aromatic rings. The van der Waals surface area contributed by atoms with Crippen LogP contribution in [-0.2, 0) is 0 Å². The smallest absolute Gasteiger partial charge is 0.152 e. The summed E-state index contributed by atoms with van der Waals surface area (Å²) in [6.45, 7) is 5.75. The van der Waals surface area contributed by atoms with Gasteiger partial charge in [-0.05, 0) is 37.5 Å². The molecule has 0 aliphatic heterocycles. The molecule has 21 heavy (non-hydrogen) atoms. The molecule has 1 aromatic heterocycles. The third-order valence-corrected chi connectivity index (χ3v) is 3.91. The van der Waals surface area contributed by atoms with Crippen LogP contribution in [-0.4, -0.2) is 11.3 Å². The molecule has 1 fully saturated rings. The number of nitrogens with zero attached hydrogens (tertiary/aromatic N) is 1. The quantitative estimate of drug-likeness (QED) is 0.771. The highest BCUT2D eigenvalue weighted by Gasteiger charge is 2.30. The van der Waals surface area contributed by atoms with Crippen molar-refractivity contribution < 1.29 is 9.18 Å². The van der Waals surface area contributed by atoms with Crippen LogP contribution in [0, 0.1) is 12.7 Å². The Labute approximate surface area is 123 Å². The average Bonchev–Trinajstić information content (AvgIpc) is 3.31. The molecule has 0 unspecified atom stereocenters.